The molecule has 0 aromatic heterocycles. The molecule has 3 N–H and O–H groups in total. The van der Waals surface area contributed by atoms with Gasteiger partial charge in [-0.05, 0) is 31.0 Å². The smallest absolute Gasteiger partial charge is 0.116 e. The molecule has 0 aliphatic carbocycles. The van der Waals surface area contributed by atoms with Gasteiger partial charge in [-0.2, -0.15) is 5.26 Å². The zero-order chi connectivity index (χ0) is 14.4. The number of nitrogens with one attached hydrogen (secondary N) is 1. The number of nitrogens with two attached hydrogens (primary N) is 1. The number of hydrogen-bond acceptors (Lipinski definition) is 3. The van der Waals surface area contributed by atoms with Crippen molar-refractivity contribution in [3.05, 3.63) is 46.1 Å². The molecule has 0 spiro atoms. The minimum Gasteiger partial charge on any atom is -0.389 e. The molecule has 0 saturated carbocycles. The highest BCUT2D eigenvalue weighted by molar-refractivity contribution is 7.80. The Morgan fingerprint density at radius 1 is 1.47 bits per heavy atom. The van der Waals surface area contributed by atoms with Crippen LogP contribution in [0.3, 0.4) is 0 Å². The Bertz CT molecular complexity index is 529. The molecule has 0 heterocycles. The first-order chi connectivity index (χ1) is 8.99. The van der Waals surface area contributed by atoms with Crippen LogP contribution in [-0.2, 0) is 0 Å². The highest BCUT2D eigenvalue weighted by Gasteiger charge is 2.12. The Balaban J connectivity index is 2.96. The lowest BCUT2D eigenvalue weighted by Gasteiger charge is -2.19. The fourth-order valence-corrected chi connectivity index (χ4v) is 2.01. The Labute approximate surface area is 124 Å². The summed E-state index contributed by atoms with van der Waals surface area (Å²) in [6, 6.07) is 9.66. The zero-order valence-electron chi connectivity index (χ0n) is 10.9. The summed E-state index contributed by atoms with van der Waals surface area (Å²) < 4.78 is 0. The van der Waals surface area contributed by atoms with Crippen LogP contribution in [-0.4, -0.2) is 4.99 Å². The predicted octanol–water partition coefficient (Wildman–Crippen LogP) is 3.46. The van der Waals surface area contributed by atoms with Crippen molar-refractivity contribution >= 4 is 28.8 Å². The topological polar surface area (TPSA) is 61.8 Å². The Morgan fingerprint density at radius 3 is 2.47 bits per heavy atom. The van der Waals surface area contributed by atoms with Crippen LogP contribution in [0.25, 0.3) is 0 Å². The highest BCUT2D eigenvalue weighted by atomic mass is 35.5. The van der Waals surface area contributed by atoms with E-state index >= 15 is 0 Å². The summed E-state index contributed by atoms with van der Waals surface area (Å²) in [4.78, 5) is 0.121. The Hall–Kier alpha value is -1.57. The molecule has 1 rings (SSSR count). The van der Waals surface area contributed by atoms with E-state index in [1.54, 1.807) is 0 Å². The van der Waals surface area contributed by atoms with Crippen molar-refractivity contribution in [2.24, 2.45) is 5.73 Å². The number of allylic oxidation sites excluding steroid dienone is 1. The second kappa shape index (κ2) is 7.13. The van der Waals surface area contributed by atoms with Gasteiger partial charge >= 0.3 is 0 Å². The van der Waals surface area contributed by atoms with Crippen LogP contribution >= 0.6 is 23.8 Å². The fraction of sp³-hybridized carbons (Fsp3) is 0.286. The van der Waals surface area contributed by atoms with Gasteiger partial charge in [0, 0.05) is 16.8 Å². The number of halogens is 1. The highest BCUT2D eigenvalue weighted by Crippen LogP contribution is 2.19. The normalized spacial score (nSPS) is 13.2. The summed E-state index contributed by atoms with van der Waals surface area (Å²) in [7, 11) is 0. The van der Waals surface area contributed by atoms with Gasteiger partial charge in [0.05, 0.1) is 0 Å². The van der Waals surface area contributed by atoms with Crippen LogP contribution in [0, 0.1) is 11.3 Å². The maximum Gasteiger partial charge on any atom is 0.116 e. The third-order valence-electron chi connectivity index (χ3n) is 2.77. The SMILES string of the molecule is CC/C(NC(C)c1ccc(Cl)cc1)=C(\C#N)C(N)=S. The molecule has 0 radical (unpaired) electrons. The lowest BCUT2D eigenvalue weighted by molar-refractivity contribution is 0.634. The van der Waals surface area contributed by atoms with Crippen LogP contribution in [0.1, 0.15) is 31.9 Å². The van der Waals surface area contributed by atoms with E-state index in [1.807, 2.05) is 44.2 Å². The zero-order valence-corrected chi connectivity index (χ0v) is 12.5. The van der Waals surface area contributed by atoms with E-state index in [9.17, 15) is 0 Å². The number of rotatable bonds is 5. The third kappa shape index (κ3) is 4.23. The summed E-state index contributed by atoms with van der Waals surface area (Å²) in [5.41, 5.74) is 7.74. The Morgan fingerprint density at radius 2 is 2.05 bits per heavy atom. The van der Waals surface area contributed by atoms with Gasteiger partial charge < -0.3 is 11.1 Å². The molecular formula is C14H16ClN3S. The van der Waals surface area contributed by atoms with E-state index in [0.29, 0.717) is 17.0 Å². The van der Waals surface area contributed by atoms with E-state index in [-0.39, 0.29) is 11.0 Å². The summed E-state index contributed by atoms with van der Waals surface area (Å²) in [6.45, 7) is 3.96. The van der Waals surface area contributed by atoms with Crippen molar-refractivity contribution in [3.63, 3.8) is 0 Å². The van der Waals surface area contributed by atoms with E-state index in [1.165, 1.54) is 0 Å². The van der Waals surface area contributed by atoms with E-state index < -0.39 is 0 Å². The summed E-state index contributed by atoms with van der Waals surface area (Å²) >= 11 is 10.7. The third-order valence-corrected chi connectivity index (χ3v) is 3.23. The van der Waals surface area contributed by atoms with E-state index in [2.05, 4.69) is 5.32 Å². The summed E-state index contributed by atoms with van der Waals surface area (Å²) in [6.07, 6.45) is 0.665. The van der Waals surface area contributed by atoms with Crippen molar-refractivity contribution in [1.82, 2.24) is 5.32 Å². The second-order valence-electron chi connectivity index (χ2n) is 4.10. The molecule has 1 aromatic carbocycles. The first-order valence-electron chi connectivity index (χ1n) is 5.94. The molecule has 100 valence electrons. The predicted molar refractivity (Wildman–Crippen MR) is 82.7 cm³/mol. The summed E-state index contributed by atoms with van der Waals surface area (Å²) in [5.74, 6) is 0. The maximum absolute atomic E-state index is 9.08. The van der Waals surface area contributed by atoms with Gasteiger partial charge in [0.1, 0.15) is 16.6 Å². The van der Waals surface area contributed by atoms with Crippen molar-refractivity contribution < 1.29 is 0 Å². The molecule has 5 heteroatoms. The number of nitriles is 1. The number of hydrogen-bond donors (Lipinski definition) is 2. The minimum atomic E-state index is 0.0462. The molecule has 0 fully saturated rings. The van der Waals surface area contributed by atoms with Gasteiger partial charge in [-0.3, -0.25) is 0 Å². The van der Waals surface area contributed by atoms with Crippen LogP contribution in [0.15, 0.2) is 35.5 Å². The standard InChI is InChI=1S/C14H16ClN3S/c1-3-13(12(8-16)14(17)19)18-9(2)10-4-6-11(15)7-5-10/h4-7,9,18H,3H2,1-2H3,(H2,17,19)/b13-12-. The van der Waals surface area contributed by atoms with Crippen LogP contribution in [0.5, 0.6) is 0 Å². The average Bonchev–Trinajstić information content (AvgIpc) is 2.38. The second-order valence-corrected chi connectivity index (χ2v) is 4.98. The molecule has 19 heavy (non-hydrogen) atoms. The van der Waals surface area contributed by atoms with Crippen molar-refractivity contribution in [2.75, 3.05) is 0 Å². The average molecular weight is 294 g/mol. The van der Waals surface area contributed by atoms with Gasteiger partial charge in [-0.1, -0.05) is 42.9 Å². The van der Waals surface area contributed by atoms with Crippen molar-refractivity contribution in [2.45, 2.75) is 26.3 Å². The molecular weight excluding hydrogens is 278 g/mol. The number of thiocarbonyl (C=S) groups is 1. The lowest BCUT2D eigenvalue weighted by atomic mass is 10.1. The molecule has 3 nitrogen and oxygen atoms in total. The van der Waals surface area contributed by atoms with Crippen LogP contribution < -0.4 is 11.1 Å². The number of nitrogens with zero attached hydrogens (tertiary/aromatic N) is 1. The van der Waals surface area contributed by atoms with Gasteiger partial charge in [0.15, 0.2) is 0 Å². The molecule has 0 bridgehead atoms. The van der Waals surface area contributed by atoms with Gasteiger partial charge in [-0.15, -0.1) is 0 Å². The lowest BCUT2D eigenvalue weighted by Crippen LogP contribution is -2.23. The monoisotopic (exact) mass is 293 g/mol. The van der Waals surface area contributed by atoms with Crippen LogP contribution in [0.4, 0.5) is 0 Å². The Kier molecular flexibility index (Phi) is 5.81. The molecule has 0 aliphatic heterocycles. The molecule has 1 aromatic rings. The molecule has 0 aliphatic rings. The van der Waals surface area contributed by atoms with E-state index in [0.717, 1.165) is 11.3 Å². The van der Waals surface area contributed by atoms with Gasteiger partial charge in [0.25, 0.3) is 0 Å². The van der Waals surface area contributed by atoms with Gasteiger partial charge in [0.2, 0.25) is 0 Å². The van der Waals surface area contributed by atoms with Gasteiger partial charge in [-0.25, -0.2) is 0 Å². The summed E-state index contributed by atoms with van der Waals surface area (Å²) in [5, 5.41) is 13.1. The molecule has 0 amide bonds. The first-order valence-corrected chi connectivity index (χ1v) is 6.73. The number of benzene rings is 1. The quantitative estimate of drug-likeness (QED) is 0.496. The maximum atomic E-state index is 9.08. The fourth-order valence-electron chi connectivity index (χ4n) is 1.72. The van der Waals surface area contributed by atoms with Crippen molar-refractivity contribution in [1.29, 1.82) is 5.26 Å². The molecule has 0 saturated heterocycles. The van der Waals surface area contributed by atoms with E-state index in [4.69, 9.17) is 34.8 Å². The van der Waals surface area contributed by atoms with Crippen LogP contribution in [0.2, 0.25) is 5.02 Å². The molecule has 1 unspecified atom stereocenters. The molecule has 1 atom stereocenters. The largest absolute Gasteiger partial charge is 0.389 e. The first kappa shape index (κ1) is 15.5. The van der Waals surface area contributed by atoms with Crippen molar-refractivity contribution in [3.8, 4) is 6.07 Å². The minimum absolute atomic E-state index is 0.0462.